The highest BCUT2D eigenvalue weighted by Gasteiger charge is 2.49. The van der Waals surface area contributed by atoms with Crippen LogP contribution in [0.4, 0.5) is 0 Å². The van der Waals surface area contributed by atoms with Crippen LogP contribution in [0.25, 0.3) is 0 Å². The maximum Gasteiger partial charge on any atom is 0.327 e. The smallest absolute Gasteiger partial charge is 0.327 e. The quantitative estimate of drug-likeness (QED) is 0.828. The predicted octanol–water partition coefficient (Wildman–Crippen LogP) is 2.06. The fourth-order valence-electron chi connectivity index (χ4n) is 2.71. The summed E-state index contributed by atoms with van der Waals surface area (Å²) in [4.78, 5) is 27.8. The molecule has 22 heavy (non-hydrogen) atoms. The topological polar surface area (TPSA) is 88.5 Å². The van der Waals surface area contributed by atoms with Gasteiger partial charge in [0.05, 0.1) is 6.42 Å². The number of carbonyl (C=O) groups is 2. The van der Waals surface area contributed by atoms with Gasteiger partial charge in [0.25, 0.3) is 0 Å². The van der Waals surface area contributed by atoms with Crippen LogP contribution < -0.4 is 5.32 Å². The number of carboxylic acids is 1. The third-order valence-corrected chi connectivity index (χ3v) is 3.64. The molecule has 1 aliphatic rings. The number of hydrogen-bond donors (Lipinski definition) is 2. The summed E-state index contributed by atoms with van der Waals surface area (Å²) in [6.07, 6.45) is 4.20. The highest BCUT2D eigenvalue weighted by atomic mass is 16.6. The average molecular weight is 306 g/mol. The lowest BCUT2D eigenvalue weighted by atomic mass is 9.93. The van der Waals surface area contributed by atoms with Gasteiger partial charge in [-0.05, 0) is 45.2 Å². The van der Waals surface area contributed by atoms with Crippen molar-refractivity contribution < 1.29 is 19.4 Å². The number of carbonyl (C=O) groups excluding carboxylic acids is 1. The van der Waals surface area contributed by atoms with Crippen LogP contribution >= 0.6 is 0 Å². The normalized spacial score (nSPS) is 25.0. The first kappa shape index (κ1) is 16.4. The summed E-state index contributed by atoms with van der Waals surface area (Å²) < 4.78 is 5.43. The molecule has 0 aliphatic carbocycles. The van der Waals surface area contributed by atoms with Crippen molar-refractivity contribution >= 4 is 11.9 Å². The third kappa shape index (κ3) is 3.82. The molecular weight excluding hydrogens is 284 g/mol. The molecule has 1 aromatic rings. The zero-order valence-electron chi connectivity index (χ0n) is 13.1. The zero-order chi connectivity index (χ0) is 16.4. The molecule has 0 aromatic carbocycles. The molecule has 0 amide bonds. The minimum absolute atomic E-state index is 0.0967. The fourth-order valence-corrected chi connectivity index (χ4v) is 2.71. The van der Waals surface area contributed by atoms with E-state index in [9.17, 15) is 14.7 Å². The van der Waals surface area contributed by atoms with Gasteiger partial charge in [-0.3, -0.25) is 19.9 Å². The summed E-state index contributed by atoms with van der Waals surface area (Å²) in [5.41, 5.74) is -0.894. The number of carboxylic acid groups (broad SMARTS) is 1. The van der Waals surface area contributed by atoms with E-state index in [4.69, 9.17) is 4.74 Å². The maximum absolute atomic E-state index is 12.5. The van der Waals surface area contributed by atoms with Crippen LogP contribution in [-0.4, -0.2) is 33.2 Å². The Hall–Kier alpha value is -1.95. The van der Waals surface area contributed by atoms with Crippen LogP contribution in [0.5, 0.6) is 0 Å². The van der Waals surface area contributed by atoms with Gasteiger partial charge in [-0.15, -0.1) is 0 Å². The predicted molar refractivity (Wildman–Crippen MR) is 80.2 cm³/mol. The van der Waals surface area contributed by atoms with Crippen molar-refractivity contribution in [3.63, 3.8) is 0 Å². The molecule has 2 atom stereocenters. The number of esters is 1. The number of rotatable bonds is 4. The highest BCUT2D eigenvalue weighted by molar-refractivity contribution is 5.87. The van der Waals surface area contributed by atoms with Crippen molar-refractivity contribution in [2.24, 2.45) is 0 Å². The molecule has 1 aliphatic heterocycles. The maximum atomic E-state index is 12.5. The molecule has 6 nitrogen and oxygen atoms in total. The molecule has 0 radical (unpaired) electrons. The Morgan fingerprint density at radius 1 is 1.50 bits per heavy atom. The number of pyridine rings is 1. The van der Waals surface area contributed by atoms with Crippen LogP contribution in [0.2, 0.25) is 0 Å². The van der Waals surface area contributed by atoms with Crippen LogP contribution in [0.15, 0.2) is 24.5 Å². The fraction of sp³-hybridized carbons (Fsp3) is 0.562. The number of aliphatic carboxylic acids is 1. The second kappa shape index (κ2) is 6.04. The molecule has 1 aromatic heterocycles. The van der Waals surface area contributed by atoms with Crippen molar-refractivity contribution in [1.29, 1.82) is 0 Å². The van der Waals surface area contributed by atoms with E-state index >= 15 is 0 Å². The Morgan fingerprint density at radius 3 is 2.77 bits per heavy atom. The van der Waals surface area contributed by atoms with E-state index in [0.717, 1.165) is 5.56 Å². The molecule has 2 N–H and O–H groups in total. The summed E-state index contributed by atoms with van der Waals surface area (Å²) in [6.45, 7) is 5.31. The van der Waals surface area contributed by atoms with Gasteiger partial charge < -0.3 is 9.84 Å². The summed E-state index contributed by atoms with van der Waals surface area (Å²) in [6, 6.07) is 3.64. The highest BCUT2D eigenvalue weighted by Crippen LogP contribution is 2.36. The third-order valence-electron chi connectivity index (χ3n) is 3.64. The van der Waals surface area contributed by atoms with Crippen molar-refractivity contribution in [1.82, 2.24) is 10.3 Å². The first-order valence-corrected chi connectivity index (χ1v) is 7.35. The molecule has 6 heteroatoms. The Labute approximate surface area is 129 Å². The van der Waals surface area contributed by atoms with Gasteiger partial charge in [0.2, 0.25) is 0 Å². The van der Waals surface area contributed by atoms with E-state index in [1.165, 1.54) is 0 Å². The standard InChI is InChI=1S/C16H22N2O4/c1-15(2,3)22-14(21)16(9-13(19)20)7-6-12(18-16)11-5-4-8-17-10-11/h4-5,8,10,12,18H,6-7,9H2,1-3H3,(H,19,20)/t12-,16+/m1/s1. The number of aromatic nitrogens is 1. The van der Waals surface area contributed by atoms with Gasteiger partial charge in [0.1, 0.15) is 11.1 Å². The van der Waals surface area contributed by atoms with Crippen molar-refractivity contribution in [3.05, 3.63) is 30.1 Å². The van der Waals surface area contributed by atoms with E-state index in [1.54, 1.807) is 33.2 Å². The second-order valence-electron chi connectivity index (χ2n) is 6.68. The van der Waals surface area contributed by atoms with Crippen molar-refractivity contribution in [3.8, 4) is 0 Å². The number of ether oxygens (including phenoxy) is 1. The largest absolute Gasteiger partial charge is 0.481 e. The minimum atomic E-state index is -1.18. The van der Waals surface area contributed by atoms with E-state index in [0.29, 0.717) is 12.8 Å². The molecule has 0 spiro atoms. The lowest BCUT2D eigenvalue weighted by Gasteiger charge is -2.31. The van der Waals surface area contributed by atoms with E-state index < -0.39 is 23.1 Å². The Morgan fingerprint density at radius 2 is 2.23 bits per heavy atom. The summed E-state index contributed by atoms with van der Waals surface area (Å²) in [7, 11) is 0. The first-order chi connectivity index (χ1) is 10.2. The van der Waals surface area contributed by atoms with Gasteiger partial charge in [-0.25, -0.2) is 0 Å². The average Bonchev–Trinajstić information content (AvgIpc) is 2.82. The SMILES string of the molecule is CC(C)(C)OC(=O)[C@@]1(CC(=O)O)CC[C@H](c2cccnc2)N1. The Kier molecular flexibility index (Phi) is 4.51. The van der Waals surface area contributed by atoms with Gasteiger partial charge in [-0.2, -0.15) is 0 Å². The molecule has 0 unspecified atom stereocenters. The summed E-state index contributed by atoms with van der Waals surface area (Å²) >= 11 is 0. The molecule has 2 rings (SSSR count). The zero-order valence-corrected chi connectivity index (χ0v) is 13.1. The van der Waals surface area contributed by atoms with Crippen LogP contribution in [-0.2, 0) is 14.3 Å². The lowest BCUT2D eigenvalue weighted by Crippen LogP contribution is -2.52. The second-order valence-corrected chi connectivity index (χ2v) is 6.68. The lowest BCUT2D eigenvalue weighted by molar-refractivity contribution is -0.166. The monoisotopic (exact) mass is 306 g/mol. The number of nitrogens with one attached hydrogen (secondary N) is 1. The number of nitrogens with zero attached hydrogens (tertiary/aromatic N) is 1. The molecule has 2 heterocycles. The first-order valence-electron chi connectivity index (χ1n) is 7.35. The number of hydrogen-bond acceptors (Lipinski definition) is 5. The Bertz CT molecular complexity index is 553. The van der Waals surface area contributed by atoms with E-state index in [2.05, 4.69) is 10.3 Å². The van der Waals surface area contributed by atoms with Crippen molar-refractivity contribution in [2.45, 2.75) is 57.2 Å². The summed E-state index contributed by atoms with van der Waals surface area (Å²) in [5, 5.41) is 12.4. The van der Waals surface area contributed by atoms with Crippen LogP contribution in [0.3, 0.4) is 0 Å². The van der Waals surface area contributed by atoms with Gasteiger partial charge in [-0.1, -0.05) is 6.07 Å². The van der Waals surface area contributed by atoms with Crippen LogP contribution in [0, 0.1) is 0 Å². The van der Waals surface area contributed by atoms with Gasteiger partial charge in [0, 0.05) is 18.4 Å². The molecular formula is C16H22N2O4. The summed E-state index contributed by atoms with van der Waals surface area (Å²) in [5.74, 6) is -1.53. The molecule has 1 saturated heterocycles. The van der Waals surface area contributed by atoms with Crippen molar-refractivity contribution in [2.75, 3.05) is 0 Å². The van der Waals surface area contributed by atoms with E-state index in [1.807, 2.05) is 12.1 Å². The minimum Gasteiger partial charge on any atom is -0.481 e. The van der Waals surface area contributed by atoms with E-state index in [-0.39, 0.29) is 12.5 Å². The molecule has 120 valence electrons. The van der Waals surface area contributed by atoms with Crippen LogP contribution in [0.1, 0.15) is 51.6 Å². The van der Waals surface area contributed by atoms with Gasteiger partial charge >= 0.3 is 11.9 Å². The molecule has 0 saturated carbocycles. The Balaban J connectivity index is 2.21. The molecule has 0 bridgehead atoms. The van der Waals surface area contributed by atoms with Gasteiger partial charge in [0.15, 0.2) is 0 Å². The molecule has 1 fully saturated rings.